The highest BCUT2D eigenvalue weighted by Crippen LogP contribution is 2.31. The van der Waals surface area contributed by atoms with E-state index in [-0.39, 0.29) is 5.69 Å². The van der Waals surface area contributed by atoms with E-state index in [9.17, 15) is 4.79 Å². The lowest BCUT2D eigenvalue weighted by atomic mass is 10.1. The number of nitrogens with zero attached hydrogens (tertiary/aromatic N) is 2. The van der Waals surface area contributed by atoms with Gasteiger partial charge >= 0.3 is 5.97 Å². The predicted molar refractivity (Wildman–Crippen MR) is 63.2 cm³/mol. The van der Waals surface area contributed by atoms with Gasteiger partial charge in [0.2, 0.25) is 0 Å². The second-order valence-corrected chi connectivity index (χ2v) is 4.80. The smallest absolute Gasteiger partial charge is 0.355 e. The van der Waals surface area contributed by atoms with Crippen LogP contribution in [0.25, 0.3) is 10.2 Å². The number of carboxylic acids is 1. The van der Waals surface area contributed by atoms with Crippen molar-refractivity contribution in [3.8, 4) is 0 Å². The van der Waals surface area contributed by atoms with Crippen LogP contribution in [-0.4, -0.2) is 21.0 Å². The number of carboxylic acid groups (broad SMARTS) is 1. The first-order valence-corrected chi connectivity index (χ1v) is 5.86. The molecule has 0 aliphatic rings. The molecule has 0 aromatic carbocycles. The second-order valence-electron chi connectivity index (χ2n) is 3.60. The van der Waals surface area contributed by atoms with E-state index in [0.717, 1.165) is 21.7 Å². The van der Waals surface area contributed by atoms with Gasteiger partial charge in [0, 0.05) is 10.3 Å². The van der Waals surface area contributed by atoms with Gasteiger partial charge in [-0.1, -0.05) is 6.92 Å². The van der Waals surface area contributed by atoms with Gasteiger partial charge in [0.15, 0.2) is 5.69 Å². The number of aromatic carboxylic acids is 1. The van der Waals surface area contributed by atoms with E-state index in [2.05, 4.69) is 9.97 Å². The molecule has 0 aliphatic carbocycles. The summed E-state index contributed by atoms with van der Waals surface area (Å²) in [6.45, 7) is 5.72. The third-order valence-electron chi connectivity index (χ3n) is 2.52. The second kappa shape index (κ2) is 3.83. The standard InChI is InChI=1S/C11H12N2O2S/c1-4-7-5(2)16-10-8(7)9(11(14)15)12-6(3)13-10/h4H2,1-3H3,(H,14,15). The number of hydrogen-bond acceptors (Lipinski definition) is 4. The minimum Gasteiger partial charge on any atom is -0.476 e. The molecule has 2 heterocycles. The summed E-state index contributed by atoms with van der Waals surface area (Å²) in [5.41, 5.74) is 1.18. The average molecular weight is 236 g/mol. The fourth-order valence-corrected chi connectivity index (χ4v) is 3.02. The number of rotatable bonds is 2. The average Bonchev–Trinajstić information content (AvgIpc) is 2.51. The predicted octanol–water partition coefficient (Wildman–Crippen LogP) is 2.57. The summed E-state index contributed by atoms with van der Waals surface area (Å²) >= 11 is 1.53. The Morgan fingerprint density at radius 2 is 2.06 bits per heavy atom. The molecule has 0 saturated heterocycles. The molecule has 0 fully saturated rings. The molecule has 0 radical (unpaired) electrons. The van der Waals surface area contributed by atoms with E-state index in [1.165, 1.54) is 11.3 Å². The van der Waals surface area contributed by atoms with Gasteiger partial charge < -0.3 is 5.11 Å². The topological polar surface area (TPSA) is 63.1 Å². The molecule has 16 heavy (non-hydrogen) atoms. The summed E-state index contributed by atoms with van der Waals surface area (Å²) < 4.78 is 0. The summed E-state index contributed by atoms with van der Waals surface area (Å²) in [5, 5.41) is 9.86. The van der Waals surface area contributed by atoms with Crippen molar-refractivity contribution in [1.82, 2.24) is 9.97 Å². The zero-order chi connectivity index (χ0) is 11.9. The Hall–Kier alpha value is -1.49. The van der Waals surface area contributed by atoms with E-state index in [1.807, 2.05) is 13.8 Å². The Morgan fingerprint density at radius 1 is 1.38 bits per heavy atom. The van der Waals surface area contributed by atoms with E-state index >= 15 is 0 Å². The molecule has 2 rings (SSSR count). The molecule has 0 saturated carbocycles. The Balaban J connectivity index is 2.91. The maximum atomic E-state index is 11.2. The van der Waals surface area contributed by atoms with Crippen molar-refractivity contribution < 1.29 is 9.90 Å². The monoisotopic (exact) mass is 236 g/mol. The van der Waals surface area contributed by atoms with Crippen LogP contribution in [0.15, 0.2) is 0 Å². The third-order valence-corrected chi connectivity index (χ3v) is 3.56. The Morgan fingerprint density at radius 3 is 2.62 bits per heavy atom. The van der Waals surface area contributed by atoms with Crippen LogP contribution in [0.5, 0.6) is 0 Å². The minimum atomic E-state index is -0.983. The van der Waals surface area contributed by atoms with Crippen LogP contribution in [0.4, 0.5) is 0 Å². The molecule has 5 heteroatoms. The summed E-state index contributed by atoms with van der Waals surface area (Å²) in [5.74, 6) is -0.475. The molecule has 4 nitrogen and oxygen atoms in total. The first kappa shape index (κ1) is 11.0. The van der Waals surface area contributed by atoms with E-state index in [1.54, 1.807) is 6.92 Å². The summed E-state index contributed by atoms with van der Waals surface area (Å²) in [4.78, 5) is 21.4. The number of thiophene rings is 1. The molecule has 0 spiro atoms. The van der Waals surface area contributed by atoms with Crippen LogP contribution < -0.4 is 0 Å². The van der Waals surface area contributed by atoms with Crippen LogP contribution in [-0.2, 0) is 6.42 Å². The number of carbonyl (C=O) groups is 1. The highest BCUT2D eigenvalue weighted by molar-refractivity contribution is 7.18. The lowest BCUT2D eigenvalue weighted by Gasteiger charge is -2.01. The maximum absolute atomic E-state index is 11.2. The zero-order valence-corrected chi connectivity index (χ0v) is 10.2. The van der Waals surface area contributed by atoms with Crippen molar-refractivity contribution >= 4 is 27.5 Å². The minimum absolute atomic E-state index is 0.128. The van der Waals surface area contributed by atoms with Gasteiger partial charge in [0.1, 0.15) is 10.7 Å². The maximum Gasteiger partial charge on any atom is 0.355 e. The lowest BCUT2D eigenvalue weighted by Crippen LogP contribution is -2.04. The normalized spacial score (nSPS) is 10.9. The van der Waals surface area contributed by atoms with Crippen molar-refractivity contribution in [2.45, 2.75) is 27.2 Å². The SMILES string of the molecule is CCc1c(C)sc2nc(C)nc(C(=O)O)c12. The number of hydrogen-bond donors (Lipinski definition) is 1. The molecule has 0 amide bonds. The summed E-state index contributed by atoms with van der Waals surface area (Å²) in [6, 6.07) is 0. The van der Waals surface area contributed by atoms with Crippen molar-refractivity contribution in [1.29, 1.82) is 0 Å². The van der Waals surface area contributed by atoms with E-state index in [4.69, 9.17) is 5.11 Å². The van der Waals surface area contributed by atoms with Crippen molar-refractivity contribution in [3.63, 3.8) is 0 Å². The van der Waals surface area contributed by atoms with E-state index < -0.39 is 5.97 Å². The summed E-state index contributed by atoms with van der Waals surface area (Å²) in [7, 11) is 0. The first-order valence-electron chi connectivity index (χ1n) is 5.04. The Kier molecular flexibility index (Phi) is 2.63. The van der Waals surface area contributed by atoms with Crippen LogP contribution in [0, 0.1) is 13.8 Å². The van der Waals surface area contributed by atoms with Gasteiger partial charge in [-0.05, 0) is 25.8 Å². The highest BCUT2D eigenvalue weighted by atomic mass is 32.1. The molecule has 0 bridgehead atoms. The van der Waals surface area contributed by atoms with Gasteiger partial charge in [-0.15, -0.1) is 11.3 Å². The highest BCUT2D eigenvalue weighted by Gasteiger charge is 2.18. The Labute approximate surface area is 97.0 Å². The molecular weight excluding hydrogens is 224 g/mol. The third kappa shape index (κ3) is 1.57. The molecule has 84 valence electrons. The first-order chi connectivity index (χ1) is 7.54. The molecular formula is C11H12N2O2S. The van der Waals surface area contributed by atoms with Gasteiger partial charge in [-0.2, -0.15) is 0 Å². The van der Waals surface area contributed by atoms with Crippen LogP contribution in [0.1, 0.15) is 33.7 Å². The van der Waals surface area contributed by atoms with Crippen LogP contribution >= 0.6 is 11.3 Å². The fourth-order valence-electron chi connectivity index (χ4n) is 1.86. The van der Waals surface area contributed by atoms with E-state index in [0.29, 0.717) is 11.2 Å². The van der Waals surface area contributed by atoms with Crippen molar-refractivity contribution in [3.05, 3.63) is 22.0 Å². The molecule has 0 atom stereocenters. The zero-order valence-electron chi connectivity index (χ0n) is 9.37. The molecule has 2 aromatic rings. The lowest BCUT2D eigenvalue weighted by molar-refractivity contribution is 0.0692. The molecule has 0 unspecified atom stereocenters. The van der Waals surface area contributed by atoms with Gasteiger partial charge in [0.25, 0.3) is 0 Å². The van der Waals surface area contributed by atoms with Gasteiger partial charge in [0.05, 0.1) is 0 Å². The Bertz CT molecular complexity index is 575. The largest absolute Gasteiger partial charge is 0.476 e. The van der Waals surface area contributed by atoms with Gasteiger partial charge in [-0.3, -0.25) is 0 Å². The van der Waals surface area contributed by atoms with Crippen molar-refractivity contribution in [2.24, 2.45) is 0 Å². The van der Waals surface area contributed by atoms with Crippen molar-refractivity contribution in [2.75, 3.05) is 0 Å². The van der Waals surface area contributed by atoms with Crippen LogP contribution in [0.3, 0.4) is 0 Å². The number of aryl methyl sites for hydroxylation is 3. The number of fused-ring (bicyclic) bond motifs is 1. The van der Waals surface area contributed by atoms with Gasteiger partial charge in [-0.25, -0.2) is 14.8 Å². The number of aromatic nitrogens is 2. The van der Waals surface area contributed by atoms with Crippen LogP contribution in [0.2, 0.25) is 0 Å². The quantitative estimate of drug-likeness (QED) is 0.870. The summed E-state index contributed by atoms with van der Waals surface area (Å²) in [6.07, 6.45) is 0.804. The molecule has 2 aromatic heterocycles. The fraction of sp³-hybridized carbons (Fsp3) is 0.364. The molecule has 0 aliphatic heterocycles. The molecule has 1 N–H and O–H groups in total.